The van der Waals surface area contributed by atoms with Crippen LogP contribution in [0.1, 0.15) is 19.3 Å². The lowest BCUT2D eigenvalue weighted by molar-refractivity contribution is -0.139. The summed E-state index contributed by atoms with van der Waals surface area (Å²) in [6, 6.07) is 8.72. The van der Waals surface area contributed by atoms with Crippen molar-refractivity contribution in [3.63, 3.8) is 0 Å². The van der Waals surface area contributed by atoms with Crippen LogP contribution in [0.5, 0.6) is 23.0 Å². The van der Waals surface area contributed by atoms with Gasteiger partial charge in [-0.2, -0.15) is 0 Å². The number of rotatable bonds is 8. The Kier molecular flexibility index (Phi) is 7.12. The summed E-state index contributed by atoms with van der Waals surface area (Å²) in [5, 5.41) is 1.54. The first kappa shape index (κ1) is 24.3. The Labute approximate surface area is 215 Å². The van der Waals surface area contributed by atoms with Crippen molar-refractivity contribution in [1.29, 1.82) is 0 Å². The molecule has 3 heterocycles. The lowest BCUT2D eigenvalue weighted by Crippen LogP contribution is -2.51. The zero-order valence-corrected chi connectivity index (χ0v) is 21.2. The van der Waals surface area contributed by atoms with Gasteiger partial charge in [0.05, 0.1) is 54.4 Å². The van der Waals surface area contributed by atoms with E-state index in [1.165, 1.54) is 12.8 Å². The van der Waals surface area contributed by atoms with Gasteiger partial charge in [-0.15, -0.1) is 0 Å². The van der Waals surface area contributed by atoms with Crippen LogP contribution >= 0.6 is 23.2 Å². The lowest BCUT2D eigenvalue weighted by Gasteiger charge is -2.47. The summed E-state index contributed by atoms with van der Waals surface area (Å²) in [6.45, 7) is 5.77. The second-order valence-electron chi connectivity index (χ2n) is 9.28. The van der Waals surface area contributed by atoms with Crippen molar-refractivity contribution in [3.8, 4) is 23.0 Å². The molecule has 2 saturated heterocycles. The predicted molar refractivity (Wildman–Crippen MR) is 138 cm³/mol. The molecule has 35 heavy (non-hydrogen) atoms. The maximum absolute atomic E-state index is 6.66. The molecular formula is C26H29Cl2N3O4. The summed E-state index contributed by atoms with van der Waals surface area (Å²) in [7, 11) is 1.61. The lowest BCUT2D eigenvalue weighted by atomic mass is 9.77. The van der Waals surface area contributed by atoms with Gasteiger partial charge < -0.3 is 29.6 Å². The van der Waals surface area contributed by atoms with Crippen LogP contribution in [0.15, 0.2) is 36.5 Å². The van der Waals surface area contributed by atoms with Crippen LogP contribution in [-0.2, 0) is 4.74 Å². The number of pyridine rings is 1. The molecule has 1 spiro atoms. The van der Waals surface area contributed by atoms with E-state index in [2.05, 4.69) is 9.88 Å². The van der Waals surface area contributed by atoms with Gasteiger partial charge in [0.2, 0.25) is 0 Å². The number of benzene rings is 2. The molecule has 2 aliphatic rings. The molecule has 0 aliphatic carbocycles. The monoisotopic (exact) mass is 517 g/mol. The van der Waals surface area contributed by atoms with Crippen molar-refractivity contribution in [3.05, 3.63) is 46.6 Å². The molecule has 7 nitrogen and oxygen atoms in total. The largest absolute Gasteiger partial charge is 0.493 e. The number of piperidine rings is 1. The number of fused-ring (bicyclic) bond motifs is 1. The third-order valence-corrected chi connectivity index (χ3v) is 7.58. The van der Waals surface area contributed by atoms with Gasteiger partial charge in [0.25, 0.3) is 0 Å². The number of nitrogens with two attached hydrogens (primary N) is 1. The highest BCUT2D eigenvalue weighted by atomic mass is 35.5. The van der Waals surface area contributed by atoms with Crippen molar-refractivity contribution in [2.75, 3.05) is 52.3 Å². The zero-order chi connectivity index (χ0) is 24.4. The SMILES string of the molecule is COc1cc2c(Cl)c(Oc3ccc(N)c(Cl)c3)cnc2cc1OCCCN1CCC2(CC1)COC2. The van der Waals surface area contributed by atoms with Crippen molar-refractivity contribution >= 4 is 39.8 Å². The molecule has 2 aromatic carbocycles. The Morgan fingerprint density at radius 2 is 1.89 bits per heavy atom. The third kappa shape index (κ3) is 5.23. The van der Waals surface area contributed by atoms with Gasteiger partial charge in [-0.05, 0) is 50.6 Å². The normalized spacial score (nSPS) is 17.3. The van der Waals surface area contributed by atoms with Gasteiger partial charge in [-0.1, -0.05) is 23.2 Å². The Balaban J connectivity index is 1.22. The van der Waals surface area contributed by atoms with Crippen LogP contribution in [0.25, 0.3) is 10.9 Å². The van der Waals surface area contributed by atoms with Gasteiger partial charge >= 0.3 is 0 Å². The topological polar surface area (TPSA) is 79.1 Å². The average Bonchev–Trinajstić information content (AvgIpc) is 2.85. The molecule has 5 rings (SSSR count). The number of nitrogens with zero attached hydrogens (tertiary/aromatic N) is 2. The standard InChI is InChI=1S/C26H29Cl2N3O4/c1-32-22-12-18-21(30-14-24(25(18)28)35-17-3-4-20(29)19(27)11-17)13-23(22)34-10-2-7-31-8-5-26(6-9-31)15-33-16-26/h3-4,11-14H,2,5-10,15-16,29H2,1H3. The molecule has 186 valence electrons. The summed E-state index contributed by atoms with van der Waals surface area (Å²) in [5.74, 6) is 2.17. The number of nitrogen functional groups attached to an aromatic ring is 1. The van der Waals surface area contributed by atoms with Crippen molar-refractivity contribution < 1.29 is 18.9 Å². The molecule has 0 bridgehead atoms. The summed E-state index contributed by atoms with van der Waals surface area (Å²) in [5.41, 5.74) is 7.41. The van der Waals surface area contributed by atoms with Crippen LogP contribution in [-0.4, -0.2) is 56.4 Å². The van der Waals surface area contributed by atoms with Gasteiger partial charge in [-0.3, -0.25) is 4.98 Å². The van der Waals surface area contributed by atoms with Crippen LogP contribution in [0.4, 0.5) is 5.69 Å². The number of aromatic nitrogens is 1. The van der Waals surface area contributed by atoms with Gasteiger partial charge in [-0.25, -0.2) is 0 Å². The predicted octanol–water partition coefficient (Wildman–Crippen LogP) is 5.81. The molecule has 0 amide bonds. The van der Waals surface area contributed by atoms with E-state index in [9.17, 15) is 0 Å². The first-order valence-electron chi connectivity index (χ1n) is 11.8. The Morgan fingerprint density at radius 3 is 2.57 bits per heavy atom. The number of anilines is 1. The van der Waals surface area contributed by atoms with Crippen LogP contribution in [0, 0.1) is 5.41 Å². The molecule has 2 fully saturated rings. The van der Waals surface area contributed by atoms with Gasteiger partial charge in [0, 0.05) is 29.5 Å². The average molecular weight is 518 g/mol. The Hall–Kier alpha value is -2.45. The van der Waals surface area contributed by atoms with E-state index in [-0.39, 0.29) is 0 Å². The molecule has 2 N–H and O–H groups in total. The van der Waals surface area contributed by atoms with Crippen molar-refractivity contribution in [1.82, 2.24) is 9.88 Å². The molecule has 9 heteroatoms. The first-order valence-corrected chi connectivity index (χ1v) is 12.5. The van der Waals surface area contributed by atoms with Crippen molar-refractivity contribution in [2.45, 2.75) is 19.3 Å². The molecule has 0 unspecified atom stereocenters. The number of likely N-dealkylation sites (tertiary alicyclic amines) is 1. The minimum Gasteiger partial charge on any atom is -0.493 e. The Bertz CT molecular complexity index is 1210. The molecule has 2 aliphatic heterocycles. The molecule has 1 aromatic heterocycles. The minimum absolute atomic E-state index is 0.410. The van der Waals surface area contributed by atoms with E-state index in [1.54, 1.807) is 31.5 Å². The maximum atomic E-state index is 6.66. The van der Waals surface area contributed by atoms with Gasteiger partial charge in [0.1, 0.15) is 5.75 Å². The number of hydrogen-bond acceptors (Lipinski definition) is 7. The van der Waals surface area contributed by atoms with E-state index < -0.39 is 0 Å². The fourth-order valence-electron chi connectivity index (χ4n) is 4.59. The highest BCUT2D eigenvalue weighted by molar-refractivity contribution is 6.37. The third-order valence-electron chi connectivity index (χ3n) is 6.86. The quantitative estimate of drug-likeness (QED) is 0.298. The minimum atomic E-state index is 0.410. The number of halogens is 2. The summed E-state index contributed by atoms with van der Waals surface area (Å²) in [6.07, 6.45) is 4.99. The van der Waals surface area contributed by atoms with Crippen LogP contribution in [0.2, 0.25) is 10.0 Å². The molecule has 3 aromatic rings. The second-order valence-corrected chi connectivity index (χ2v) is 10.1. The zero-order valence-electron chi connectivity index (χ0n) is 19.7. The number of hydrogen-bond donors (Lipinski definition) is 1. The fourth-order valence-corrected chi connectivity index (χ4v) is 5.00. The van der Waals surface area contributed by atoms with E-state index in [4.69, 9.17) is 47.9 Å². The van der Waals surface area contributed by atoms with Crippen LogP contribution < -0.4 is 19.9 Å². The summed E-state index contributed by atoms with van der Waals surface area (Å²) in [4.78, 5) is 7.04. The van der Waals surface area contributed by atoms with Gasteiger partial charge in [0.15, 0.2) is 17.2 Å². The van der Waals surface area contributed by atoms with E-state index in [1.807, 2.05) is 12.1 Å². The summed E-state index contributed by atoms with van der Waals surface area (Å²) < 4.78 is 23.0. The smallest absolute Gasteiger partial charge is 0.164 e. The Morgan fingerprint density at radius 1 is 1.09 bits per heavy atom. The van der Waals surface area contributed by atoms with E-state index in [0.717, 1.165) is 39.3 Å². The maximum Gasteiger partial charge on any atom is 0.164 e. The molecular weight excluding hydrogens is 489 g/mol. The molecule has 0 atom stereocenters. The van der Waals surface area contributed by atoms with Crippen molar-refractivity contribution in [2.24, 2.45) is 5.41 Å². The van der Waals surface area contributed by atoms with Crippen LogP contribution in [0.3, 0.4) is 0 Å². The second kappa shape index (κ2) is 10.3. The molecule has 0 radical (unpaired) electrons. The summed E-state index contributed by atoms with van der Waals surface area (Å²) >= 11 is 12.8. The first-order chi connectivity index (χ1) is 17.0. The van der Waals surface area contributed by atoms with E-state index >= 15 is 0 Å². The number of ether oxygens (including phenoxy) is 4. The van der Waals surface area contributed by atoms with E-state index in [0.29, 0.717) is 61.7 Å². The molecule has 0 saturated carbocycles. The highest BCUT2D eigenvalue weighted by Gasteiger charge is 2.40. The number of methoxy groups -OCH3 is 1. The fraction of sp³-hybridized carbons (Fsp3) is 0.423. The highest BCUT2D eigenvalue weighted by Crippen LogP contribution is 2.40.